The lowest BCUT2D eigenvalue weighted by molar-refractivity contribution is 0.322. The molecule has 0 aliphatic carbocycles. The number of nitrogens with one attached hydrogen (secondary N) is 1. The Labute approximate surface area is 136 Å². The fourth-order valence-corrected chi connectivity index (χ4v) is 2.81. The minimum Gasteiger partial charge on any atom is -0.492 e. The predicted molar refractivity (Wildman–Crippen MR) is 91.6 cm³/mol. The van der Waals surface area contributed by atoms with Crippen LogP contribution in [0.3, 0.4) is 0 Å². The van der Waals surface area contributed by atoms with Crippen LogP contribution in [-0.4, -0.2) is 12.1 Å². The van der Waals surface area contributed by atoms with Crippen molar-refractivity contribution in [1.82, 2.24) is 5.32 Å². The monoisotopic (exact) mass is 323 g/mol. The van der Waals surface area contributed by atoms with Crippen LogP contribution in [0, 0.1) is 0 Å². The largest absolute Gasteiger partial charge is 0.492 e. The van der Waals surface area contributed by atoms with Crippen molar-refractivity contribution in [2.75, 3.05) is 6.61 Å². The molecule has 1 N–H and O–H groups in total. The van der Waals surface area contributed by atoms with Gasteiger partial charge in [0, 0.05) is 18.5 Å². The summed E-state index contributed by atoms with van der Waals surface area (Å²) >= 11 is 8.00. The predicted octanol–water partition coefficient (Wildman–Crippen LogP) is 4.91. The van der Waals surface area contributed by atoms with E-state index in [-0.39, 0.29) is 5.54 Å². The van der Waals surface area contributed by atoms with E-state index in [9.17, 15) is 0 Å². The lowest BCUT2D eigenvalue weighted by atomic mass is 10.1. The molecule has 0 fully saturated rings. The zero-order valence-corrected chi connectivity index (χ0v) is 14.4. The highest BCUT2D eigenvalue weighted by Crippen LogP contribution is 2.26. The molecule has 2 aromatic rings. The Morgan fingerprint density at radius 2 is 2.00 bits per heavy atom. The SMILES string of the molecule is CC(C)(C)NCc1ccc(OCCc2ccsc2)c(Cl)c1. The summed E-state index contributed by atoms with van der Waals surface area (Å²) in [4.78, 5) is 0. The third-order valence-electron chi connectivity index (χ3n) is 3.05. The van der Waals surface area contributed by atoms with Gasteiger partial charge in [-0.2, -0.15) is 11.3 Å². The summed E-state index contributed by atoms with van der Waals surface area (Å²) in [5.74, 6) is 0.756. The molecule has 2 rings (SSSR count). The van der Waals surface area contributed by atoms with E-state index in [4.69, 9.17) is 16.3 Å². The Bertz CT molecular complexity index is 561. The van der Waals surface area contributed by atoms with Crippen molar-refractivity contribution in [2.24, 2.45) is 0 Å². The molecule has 0 unspecified atom stereocenters. The lowest BCUT2D eigenvalue weighted by Gasteiger charge is -2.20. The molecule has 1 aromatic carbocycles. The molecule has 0 atom stereocenters. The maximum atomic E-state index is 6.29. The minimum absolute atomic E-state index is 0.0994. The number of thiophene rings is 1. The number of rotatable bonds is 6. The van der Waals surface area contributed by atoms with E-state index < -0.39 is 0 Å². The molecule has 0 radical (unpaired) electrons. The van der Waals surface area contributed by atoms with Gasteiger partial charge in [0.15, 0.2) is 0 Å². The second-order valence-corrected chi connectivity index (χ2v) is 7.29. The zero-order chi connectivity index (χ0) is 15.3. The lowest BCUT2D eigenvalue weighted by Crippen LogP contribution is -2.35. The fourth-order valence-electron chi connectivity index (χ4n) is 1.85. The topological polar surface area (TPSA) is 21.3 Å². The Morgan fingerprint density at radius 1 is 1.19 bits per heavy atom. The first-order valence-electron chi connectivity index (χ1n) is 7.11. The first kappa shape index (κ1) is 16.3. The van der Waals surface area contributed by atoms with Crippen molar-refractivity contribution < 1.29 is 4.74 Å². The maximum Gasteiger partial charge on any atom is 0.137 e. The van der Waals surface area contributed by atoms with Crippen molar-refractivity contribution >= 4 is 22.9 Å². The highest BCUT2D eigenvalue weighted by atomic mass is 35.5. The summed E-state index contributed by atoms with van der Waals surface area (Å²) in [6, 6.07) is 8.11. The molecular formula is C17H22ClNOS. The molecule has 21 heavy (non-hydrogen) atoms. The van der Waals surface area contributed by atoms with Crippen molar-refractivity contribution in [1.29, 1.82) is 0 Å². The average Bonchev–Trinajstić information content (AvgIpc) is 2.91. The Balaban J connectivity index is 1.86. The zero-order valence-electron chi connectivity index (χ0n) is 12.8. The van der Waals surface area contributed by atoms with Crippen LogP contribution < -0.4 is 10.1 Å². The number of benzene rings is 1. The van der Waals surface area contributed by atoms with E-state index >= 15 is 0 Å². The molecule has 0 spiro atoms. The smallest absolute Gasteiger partial charge is 0.137 e. The van der Waals surface area contributed by atoms with E-state index in [0.717, 1.165) is 18.7 Å². The van der Waals surface area contributed by atoms with Crippen LogP contribution in [0.15, 0.2) is 35.0 Å². The van der Waals surface area contributed by atoms with Gasteiger partial charge in [0.05, 0.1) is 11.6 Å². The molecule has 4 heteroatoms. The number of halogens is 1. The molecule has 0 saturated heterocycles. The van der Waals surface area contributed by atoms with Gasteiger partial charge in [-0.05, 0) is 60.9 Å². The molecule has 2 nitrogen and oxygen atoms in total. The Kier molecular flexibility index (Phi) is 5.68. The number of hydrogen-bond donors (Lipinski definition) is 1. The molecule has 0 bridgehead atoms. The van der Waals surface area contributed by atoms with Crippen LogP contribution in [0.1, 0.15) is 31.9 Å². The molecule has 0 aliphatic heterocycles. The van der Waals surface area contributed by atoms with Crippen LogP contribution in [0.4, 0.5) is 0 Å². The van der Waals surface area contributed by atoms with E-state index in [1.54, 1.807) is 11.3 Å². The quantitative estimate of drug-likeness (QED) is 0.815. The number of ether oxygens (including phenoxy) is 1. The molecule has 0 aliphatic rings. The average molecular weight is 324 g/mol. The van der Waals surface area contributed by atoms with Crippen LogP contribution in [0.2, 0.25) is 5.02 Å². The second-order valence-electron chi connectivity index (χ2n) is 6.10. The van der Waals surface area contributed by atoms with Crippen LogP contribution >= 0.6 is 22.9 Å². The van der Waals surface area contributed by atoms with E-state index in [0.29, 0.717) is 11.6 Å². The summed E-state index contributed by atoms with van der Waals surface area (Å²) < 4.78 is 5.76. The van der Waals surface area contributed by atoms with Gasteiger partial charge in [0.2, 0.25) is 0 Å². The first-order chi connectivity index (χ1) is 9.94. The maximum absolute atomic E-state index is 6.29. The van der Waals surface area contributed by atoms with Crippen molar-refractivity contribution in [2.45, 2.75) is 39.3 Å². The van der Waals surface area contributed by atoms with Crippen LogP contribution in [-0.2, 0) is 13.0 Å². The first-order valence-corrected chi connectivity index (χ1v) is 8.43. The van der Waals surface area contributed by atoms with Crippen molar-refractivity contribution in [3.63, 3.8) is 0 Å². The molecule has 1 heterocycles. The van der Waals surface area contributed by atoms with Gasteiger partial charge in [0.25, 0.3) is 0 Å². The molecular weight excluding hydrogens is 302 g/mol. The van der Waals surface area contributed by atoms with E-state index in [1.807, 2.05) is 12.1 Å². The highest BCUT2D eigenvalue weighted by molar-refractivity contribution is 7.07. The molecule has 1 aromatic heterocycles. The van der Waals surface area contributed by atoms with Crippen LogP contribution in [0.5, 0.6) is 5.75 Å². The van der Waals surface area contributed by atoms with Gasteiger partial charge in [-0.15, -0.1) is 0 Å². The van der Waals surface area contributed by atoms with Gasteiger partial charge in [0.1, 0.15) is 5.75 Å². The summed E-state index contributed by atoms with van der Waals surface area (Å²) in [7, 11) is 0. The van der Waals surface area contributed by atoms with Crippen LogP contribution in [0.25, 0.3) is 0 Å². The standard InChI is InChI=1S/C17H22ClNOS/c1-17(2,3)19-11-14-4-5-16(15(18)10-14)20-8-6-13-7-9-21-12-13/h4-5,7,9-10,12,19H,6,8,11H2,1-3H3. The van der Waals surface area contributed by atoms with Gasteiger partial charge >= 0.3 is 0 Å². The molecule has 114 valence electrons. The fraction of sp³-hybridized carbons (Fsp3) is 0.412. The summed E-state index contributed by atoms with van der Waals surface area (Å²) in [6.45, 7) is 7.90. The summed E-state index contributed by atoms with van der Waals surface area (Å²) in [5.41, 5.74) is 2.57. The highest BCUT2D eigenvalue weighted by Gasteiger charge is 2.09. The third kappa shape index (κ3) is 5.70. The number of hydrogen-bond acceptors (Lipinski definition) is 3. The summed E-state index contributed by atoms with van der Waals surface area (Å²) in [5, 5.41) is 8.35. The molecule has 0 amide bonds. The van der Waals surface area contributed by atoms with Gasteiger partial charge < -0.3 is 10.1 Å². The van der Waals surface area contributed by atoms with Gasteiger partial charge in [-0.3, -0.25) is 0 Å². The van der Waals surface area contributed by atoms with Crippen molar-refractivity contribution in [3.05, 3.63) is 51.2 Å². The third-order valence-corrected chi connectivity index (χ3v) is 4.07. The van der Waals surface area contributed by atoms with Gasteiger partial charge in [-0.1, -0.05) is 17.7 Å². The summed E-state index contributed by atoms with van der Waals surface area (Å²) in [6.07, 6.45) is 0.910. The second kappa shape index (κ2) is 7.30. The van der Waals surface area contributed by atoms with E-state index in [2.05, 4.69) is 49.0 Å². The van der Waals surface area contributed by atoms with E-state index in [1.165, 1.54) is 11.1 Å². The Morgan fingerprint density at radius 3 is 2.62 bits per heavy atom. The normalized spacial score (nSPS) is 11.6. The Hall–Kier alpha value is -1.03. The van der Waals surface area contributed by atoms with Gasteiger partial charge in [-0.25, -0.2) is 0 Å². The minimum atomic E-state index is 0.0994. The van der Waals surface area contributed by atoms with Crippen molar-refractivity contribution in [3.8, 4) is 5.75 Å². The molecule has 0 saturated carbocycles.